The van der Waals surface area contributed by atoms with Crippen LogP contribution in [0.3, 0.4) is 0 Å². The number of benzene rings is 2. The molecule has 0 bridgehead atoms. The third-order valence-corrected chi connectivity index (χ3v) is 3.72. The first-order valence-electron chi connectivity index (χ1n) is 7.72. The van der Waals surface area contributed by atoms with Gasteiger partial charge < -0.3 is 20.5 Å². The number of phenolic OH excluding ortho intramolecular Hbond substituents is 1. The Morgan fingerprint density at radius 3 is 2.56 bits per heavy atom. The molecular weight excluding hydrogens is 328 g/mol. The van der Waals surface area contributed by atoms with E-state index in [-0.39, 0.29) is 17.5 Å². The Labute approximate surface area is 145 Å². The monoisotopic (exact) mass is 349 g/mol. The maximum absolute atomic E-state index is 13.8. The van der Waals surface area contributed by atoms with Crippen LogP contribution in [-0.2, 0) is 6.54 Å². The van der Waals surface area contributed by atoms with Crippen LogP contribution in [0.4, 0.5) is 8.78 Å². The van der Waals surface area contributed by atoms with Crippen molar-refractivity contribution in [3.63, 3.8) is 0 Å². The van der Waals surface area contributed by atoms with Crippen LogP contribution in [0.1, 0.15) is 24.1 Å². The predicted molar refractivity (Wildman–Crippen MR) is 92.8 cm³/mol. The highest BCUT2D eigenvalue weighted by Crippen LogP contribution is 2.21. The second-order valence-electron chi connectivity index (χ2n) is 5.47. The molecule has 3 N–H and O–H groups in total. The number of guanidine groups is 1. The quantitative estimate of drug-likeness (QED) is 0.573. The van der Waals surface area contributed by atoms with Gasteiger partial charge in [-0.3, -0.25) is 4.99 Å². The van der Waals surface area contributed by atoms with Gasteiger partial charge >= 0.3 is 0 Å². The van der Waals surface area contributed by atoms with Gasteiger partial charge in [0.15, 0.2) is 29.1 Å². The lowest BCUT2D eigenvalue weighted by Gasteiger charge is -2.19. The van der Waals surface area contributed by atoms with Crippen molar-refractivity contribution in [3.05, 3.63) is 59.2 Å². The van der Waals surface area contributed by atoms with E-state index in [0.29, 0.717) is 18.1 Å². The number of hydrogen-bond acceptors (Lipinski definition) is 3. The minimum absolute atomic E-state index is 0.188. The van der Waals surface area contributed by atoms with E-state index in [2.05, 4.69) is 15.6 Å². The van der Waals surface area contributed by atoms with Gasteiger partial charge in [-0.25, -0.2) is 8.78 Å². The van der Waals surface area contributed by atoms with E-state index in [1.165, 1.54) is 25.3 Å². The number of halogens is 2. The van der Waals surface area contributed by atoms with Crippen LogP contribution < -0.4 is 15.4 Å². The van der Waals surface area contributed by atoms with Crippen molar-refractivity contribution in [2.24, 2.45) is 4.99 Å². The van der Waals surface area contributed by atoms with Gasteiger partial charge in [-0.15, -0.1) is 0 Å². The third-order valence-electron chi connectivity index (χ3n) is 3.72. The Hall–Kier alpha value is -2.83. The molecule has 1 atom stereocenters. The van der Waals surface area contributed by atoms with Crippen molar-refractivity contribution < 1.29 is 18.6 Å². The molecule has 0 aromatic heterocycles. The first-order chi connectivity index (χ1) is 11.9. The van der Waals surface area contributed by atoms with Crippen LogP contribution in [0.25, 0.3) is 0 Å². The summed E-state index contributed by atoms with van der Waals surface area (Å²) in [6.07, 6.45) is 0. The van der Waals surface area contributed by atoms with E-state index in [4.69, 9.17) is 4.74 Å². The summed E-state index contributed by atoms with van der Waals surface area (Å²) in [5, 5.41) is 15.4. The first-order valence-corrected chi connectivity index (χ1v) is 7.72. The molecule has 2 aromatic rings. The molecule has 0 spiro atoms. The molecule has 0 aliphatic heterocycles. The van der Waals surface area contributed by atoms with Gasteiger partial charge in [-0.05, 0) is 42.3 Å². The van der Waals surface area contributed by atoms with Crippen molar-refractivity contribution in [3.8, 4) is 11.5 Å². The molecule has 7 heteroatoms. The van der Waals surface area contributed by atoms with E-state index in [0.717, 1.165) is 5.56 Å². The summed E-state index contributed by atoms with van der Waals surface area (Å²) in [5.41, 5.74) is 1.39. The van der Waals surface area contributed by atoms with E-state index in [9.17, 15) is 13.9 Å². The molecule has 0 radical (unpaired) electrons. The molecule has 0 fully saturated rings. The van der Waals surface area contributed by atoms with E-state index < -0.39 is 11.6 Å². The Bertz CT molecular complexity index is 766. The third kappa shape index (κ3) is 4.82. The van der Waals surface area contributed by atoms with Crippen LogP contribution >= 0.6 is 0 Å². The van der Waals surface area contributed by atoms with Gasteiger partial charge in [0.25, 0.3) is 0 Å². The van der Waals surface area contributed by atoms with Gasteiger partial charge in [0.05, 0.1) is 13.2 Å². The highest BCUT2D eigenvalue weighted by atomic mass is 19.1. The highest BCUT2D eigenvalue weighted by molar-refractivity contribution is 5.80. The molecule has 2 aromatic carbocycles. The maximum atomic E-state index is 13.8. The smallest absolute Gasteiger partial charge is 0.191 e. The van der Waals surface area contributed by atoms with Crippen molar-refractivity contribution in [1.82, 2.24) is 10.6 Å². The molecular formula is C18H21F2N3O2. The molecule has 5 nitrogen and oxygen atoms in total. The number of rotatable bonds is 5. The zero-order chi connectivity index (χ0) is 18.4. The predicted octanol–water partition coefficient (Wildman–Crippen LogP) is 3.11. The van der Waals surface area contributed by atoms with Crippen LogP contribution in [0.5, 0.6) is 11.5 Å². The fourth-order valence-corrected chi connectivity index (χ4v) is 2.28. The van der Waals surface area contributed by atoms with E-state index >= 15 is 0 Å². The molecule has 0 amide bonds. The summed E-state index contributed by atoms with van der Waals surface area (Å²) in [6, 6.07) is 8.69. The SMILES string of the molecule is CN=C(NCc1ccc(O)c(F)c1)NC(C)c1ccc(OC)c(F)c1. The minimum atomic E-state index is -0.677. The second kappa shape index (κ2) is 8.32. The van der Waals surface area contributed by atoms with Gasteiger partial charge in [0, 0.05) is 13.6 Å². The molecule has 25 heavy (non-hydrogen) atoms. The summed E-state index contributed by atoms with van der Waals surface area (Å²) < 4.78 is 32.1. The van der Waals surface area contributed by atoms with Gasteiger partial charge in [-0.1, -0.05) is 12.1 Å². The number of aliphatic imine (C=N–C) groups is 1. The molecule has 1 unspecified atom stereocenters. The summed E-state index contributed by atoms with van der Waals surface area (Å²) >= 11 is 0. The van der Waals surface area contributed by atoms with Crippen molar-refractivity contribution in [2.45, 2.75) is 19.5 Å². The van der Waals surface area contributed by atoms with Crippen LogP contribution in [-0.4, -0.2) is 25.2 Å². The first kappa shape index (κ1) is 18.5. The van der Waals surface area contributed by atoms with Crippen molar-refractivity contribution >= 4 is 5.96 Å². The van der Waals surface area contributed by atoms with Gasteiger partial charge in [0.1, 0.15) is 0 Å². The number of nitrogens with one attached hydrogen (secondary N) is 2. The molecule has 134 valence electrons. The molecule has 2 rings (SSSR count). The number of ether oxygens (including phenoxy) is 1. The Kier molecular flexibility index (Phi) is 6.16. The maximum Gasteiger partial charge on any atom is 0.191 e. The van der Waals surface area contributed by atoms with Crippen molar-refractivity contribution in [1.29, 1.82) is 0 Å². The molecule has 0 saturated heterocycles. The van der Waals surface area contributed by atoms with Crippen LogP contribution in [0.15, 0.2) is 41.4 Å². The minimum Gasteiger partial charge on any atom is -0.505 e. The number of aromatic hydroxyl groups is 1. The molecule has 0 heterocycles. The van der Waals surface area contributed by atoms with Gasteiger partial charge in [-0.2, -0.15) is 0 Å². The highest BCUT2D eigenvalue weighted by Gasteiger charge is 2.11. The second-order valence-corrected chi connectivity index (χ2v) is 5.47. The Morgan fingerprint density at radius 1 is 1.20 bits per heavy atom. The Balaban J connectivity index is 1.99. The zero-order valence-electron chi connectivity index (χ0n) is 14.3. The van der Waals surface area contributed by atoms with Crippen LogP contribution in [0, 0.1) is 11.6 Å². The van der Waals surface area contributed by atoms with Crippen molar-refractivity contribution in [2.75, 3.05) is 14.2 Å². The lowest BCUT2D eigenvalue weighted by atomic mass is 10.1. The molecule has 0 saturated carbocycles. The topological polar surface area (TPSA) is 65.9 Å². The van der Waals surface area contributed by atoms with E-state index in [1.54, 1.807) is 25.2 Å². The fourth-order valence-electron chi connectivity index (χ4n) is 2.28. The average molecular weight is 349 g/mol. The summed E-state index contributed by atoms with van der Waals surface area (Å²) in [6.45, 7) is 2.19. The summed E-state index contributed by atoms with van der Waals surface area (Å²) in [4.78, 5) is 4.10. The van der Waals surface area contributed by atoms with Gasteiger partial charge in [0.2, 0.25) is 0 Å². The lowest BCUT2D eigenvalue weighted by Crippen LogP contribution is -2.38. The number of phenols is 1. The lowest BCUT2D eigenvalue weighted by molar-refractivity contribution is 0.386. The average Bonchev–Trinajstić information content (AvgIpc) is 2.61. The largest absolute Gasteiger partial charge is 0.505 e. The zero-order valence-corrected chi connectivity index (χ0v) is 14.3. The normalized spacial score (nSPS) is 12.6. The molecule has 0 aliphatic rings. The standard InChI is InChI=1S/C18H21F2N3O2/c1-11(13-5-7-17(25-3)15(20)9-13)23-18(21-2)22-10-12-4-6-16(24)14(19)8-12/h4-9,11,24H,10H2,1-3H3,(H2,21,22,23). The number of nitrogens with zero attached hydrogens (tertiary/aromatic N) is 1. The number of hydrogen-bond donors (Lipinski definition) is 3. The summed E-state index contributed by atoms with van der Waals surface area (Å²) in [7, 11) is 3.02. The summed E-state index contributed by atoms with van der Waals surface area (Å²) in [5.74, 6) is -0.827. The van der Waals surface area contributed by atoms with Crippen LogP contribution in [0.2, 0.25) is 0 Å². The molecule has 0 aliphatic carbocycles. The Morgan fingerprint density at radius 2 is 1.96 bits per heavy atom. The number of methoxy groups -OCH3 is 1. The van der Waals surface area contributed by atoms with E-state index in [1.807, 2.05) is 6.92 Å². The fraction of sp³-hybridized carbons (Fsp3) is 0.278.